The Balaban J connectivity index is 2.54. The van der Waals surface area contributed by atoms with Crippen LogP contribution in [0.1, 0.15) is 0 Å². The zero-order chi connectivity index (χ0) is 11.5. The normalized spacial score (nSPS) is 9.88. The van der Waals surface area contributed by atoms with Crippen LogP contribution in [-0.4, -0.2) is 15.9 Å². The summed E-state index contributed by atoms with van der Waals surface area (Å²) in [5.41, 5.74) is 0.819. The first-order chi connectivity index (χ1) is 7.72. The highest BCUT2D eigenvalue weighted by Crippen LogP contribution is 2.24. The molecule has 0 spiro atoms. The van der Waals surface area contributed by atoms with Crippen LogP contribution in [0.3, 0.4) is 0 Å². The molecule has 0 amide bonds. The van der Waals surface area contributed by atoms with Gasteiger partial charge in [0.25, 0.3) is 0 Å². The van der Waals surface area contributed by atoms with Crippen molar-refractivity contribution in [3.63, 3.8) is 0 Å². The van der Waals surface area contributed by atoms with Gasteiger partial charge in [-0.15, -0.1) is 4.99 Å². The van der Waals surface area contributed by atoms with Crippen LogP contribution in [0, 0.1) is 5.82 Å². The number of benzene rings is 1. The minimum absolute atomic E-state index is 0.341. The molecular formula is C11H8FN3O. The van der Waals surface area contributed by atoms with Gasteiger partial charge in [0.15, 0.2) is 5.82 Å². The van der Waals surface area contributed by atoms with Gasteiger partial charge in [0.05, 0.1) is 5.69 Å². The van der Waals surface area contributed by atoms with Crippen molar-refractivity contribution in [2.45, 2.75) is 0 Å². The highest BCUT2D eigenvalue weighted by Gasteiger charge is 2.09. The maximum atomic E-state index is 13.4. The number of hydrogen-bond donors (Lipinski definition) is 0. The number of hydrogen-bond acceptors (Lipinski definition) is 3. The van der Waals surface area contributed by atoms with Crippen LogP contribution in [0.5, 0.6) is 0 Å². The van der Waals surface area contributed by atoms with Gasteiger partial charge in [0, 0.05) is 18.7 Å². The molecule has 0 bridgehead atoms. The topological polar surface area (TPSA) is 47.2 Å². The molecule has 2 rings (SSSR count). The van der Waals surface area contributed by atoms with Gasteiger partial charge in [0.1, 0.15) is 5.82 Å². The van der Waals surface area contributed by atoms with Crippen molar-refractivity contribution in [2.75, 3.05) is 0 Å². The molecule has 0 unspecified atom stereocenters. The summed E-state index contributed by atoms with van der Waals surface area (Å²) in [4.78, 5) is 13.6. The van der Waals surface area contributed by atoms with Crippen molar-refractivity contribution in [2.24, 2.45) is 12.0 Å². The molecule has 1 aromatic carbocycles. The molecule has 0 saturated heterocycles. The van der Waals surface area contributed by atoms with E-state index in [2.05, 4.69) is 10.1 Å². The fraction of sp³-hybridized carbons (Fsp3) is 0.0909. The van der Waals surface area contributed by atoms with Gasteiger partial charge >= 0.3 is 0 Å². The van der Waals surface area contributed by atoms with Crippen LogP contribution in [0.15, 0.2) is 35.3 Å². The van der Waals surface area contributed by atoms with Crippen LogP contribution in [0.2, 0.25) is 0 Å². The van der Waals surface area contributed by atoms with E-state index >= 15 is 0 Å². The molecule has 0 fully saturated rings. The van der Waals surface area contributed by atoms with E-state index in [1.807, 2.05) is 0 Å². The summed E-state index contributed by atoms with van der Waals surface area (Å²) in [5, 5.41) is 4.06. The maximum absolute atomic E-state index is 13.4. The third kappa shape index (κ3) is 1.76. The number of nitrogens with zero attached hydrogens (tertiary/aromatic N) is 3. The number of aliphatic imine (C=N–C) groups is 1. The van der Waals surface area contributed by atoms with Crippen LogP contribution in [0.25, 0.3) is 11.3 Å². The monoisotopic (exact) mass is 217 g/mol. The third-order valence-electron chi connectivity index (χ3n) is 2.17. The summed E-state index contributed by atoms with van der Waals surface area (Å²) in [6, 6.07) is 7.82. The van der Waals surface area contributed by atoms with E-state index in [-0.39, 0.29) is 5.82 Å². The second-order valence-electron chi connectivity index (χ2n) is 3.19. The van der Waals surface area contributed by atoms with Crippen molar-refractivity contribution in [1.82, 2.24) is 9.78 Å². The predicted molar refractivity (Wildman–Crippen MR) is 56.4 cm³/mol. The smallest absolute Gasteiger partial charge is 0.242 e. The van der Waals surface area contributed by atoms with Gasteiger partial charge in [-0.1, -0.05) is 12.1 Å². The number of halogens is 1. The molecule has 0 atom stereocenters. The summed E-state index contributed by atoms with van der Waals surface area (Å²) in [6.07, 6.45) is 1.42. The lowest BCUT2D eigenvalue weighted by Crippen LogP contribution is -1.90. The maximum Gasteiger partial charge on any atom is 0.242 e. The molecule has 1 heterocycles. The average Bonchev–Trinajstić information content (AvgIpc) is 2.61. The number of isocyanates is 1. The lowest BCUT2D eigenvalue weighted by Gasteiger charge is -1.96. The summed E-state index contributed by atoms with van der Waals surface area (Å²) < 4.78 is 14.8. The molecule has 5 heteroatoms. The largest absolute Gasteiger partial charge is 0.250 e. The van der Waals surface area contributed by atoms with Gasteiger partial charge < -0.3 is 0 Å². The minimum atomic E-state index is -0.359. The number of aromatic nitrogens is 2. The van der Waals surface area contributed by atoms with E-state index in [4.69, 9.17) is 0 Å². The first-order valence-corrected chi connectivity index (χ1v) is 4.59. The fourth-order valence-corrected chi connectivity index (χ4v) is 1.41. The second-order valence-corrected chi connectivity index (χ2v) is 3.19. The molecule has 0 aliphatic rings. The Morgan fingerprint density at radius 2 is 2.19 bits per heavy atom. The van der Waals surface area contributed by atoms with E-state index in [9.17, 15) is 9.18 Å². The molecule has 4 nitrogen and oxygen atoms in total. The molecular weight excluding hydrogens is 209 g/mol. The van der Waals surface area contributed by atoms with Crippen LogP contribution < -0.4 is 0 Å². The minimum Gasteiger partial charge on any atom is -0.250 e. The van der Waals surface area contributed by atoms with E-state index in [1.54, 1.807) is 25.2 Å². The van der Waals surface area contributed by atoms with Gasteiger partial charge in [0.2, 0.25) is 6.08 Å². The fourth-order valence-electron chi connectivity index (χ4n) is 1.41. The summed E-state index contributed by atoms with van der Waals surface area (Å²) in [5.74, 6) is -0.0181. The summed E-state index contributed by atoms with van der Waals surface area (Å²) in [7, 11) is 1.63. The Labute approximate surface area is 91.0 Å². The van der Waals surface area contributed by atoms with Gasteiger partial charge in [-0.25, -0.2) is 13.9 Å². The van der Waals surface area contributed by atoms with Crippen LogP contribution >= 0.6 is 0 Å². The Hall–Kier alpha value is -2.26. The molecule has 2 aromatic rings. The predicted octanol–water partition coefficient (Wildman–Crippen LogP) is 2.19. The van der Waals surface area contributed by atoms with E-state index in [0.717, 1.165) is 0 Å². The quantitative estimate of drug-likeness (QED) is 0.571. The zero-order valence-corrected chi connectivity index (χ0v) is 8.51. The van der Waals surface area contributed by atoms with Gasteiger partial charge in [-0.3, -0.25) is 0 Å². The van der Waals surface area contributed by atoms with Crippen molar-refractivity contribution in [3.05, 3.63) is 36.1 Å². The third-order valence-corrected chi connectivity index (χ3v) is 2.17. The van der Waals surface area contributed by atoms with Crippen LogP contribution in [0.4, 0.5) is 10.2 Å². The SMILES string of the molecule is Cn1nc(-c2ccccc2F)cc1N=C=O. The molecule has 1 aromatic heterocycles. The van der Waals surface area contributed by atoms with Gasteiger partial charge in [-0.2, -0.15) is 5.10 Å². The first kappa shape index (κ1) is 10.3. The average molecular weight is 217 g/mol. The highest BCUT2D eigenvalue weighted by molar-refractivity contribution is 5.63. The molecule has 0 saturated carbocycles. The number of aryl methyl sites for hydroxylation is 1. The van der Waals surface area contributed by atoms with Crippen molar-refractivity contribution in [1.29, 1.82) is 0 Å². The molecule has 16 heavy (non-hydrogen) atoms. The molecule has 0 aliphatic carbocycles. The second kappa shape index (κ2) is 4.08. The molecule has 0 aliphatic heterocycles. The molecule has 0 radical (unpaired) electrons. The lowest BCUT2D eigenvalue weighted by molar-refractivity contribution is 0.564. The van der Waals surface area contributed by atoms with Crippen molar-refractivity contribution < 1.29 is 9.18 Å². The standard InChI is InChI=1S/C11H8FN3O/c1-15-11(13-7-16)6-10(14-15)8-4-2-3-5-9(8)12/h2-6H,1H3. The Bertz CT molecular complexity index is 570. The highest BCUT2D eigenvalue weighted by atomic mass is 19.1. The van der Waals surface area contributed by atoms with E-state index < -0.39 is 0 Å². The summed E-state index contributed by atoms with van der Waals surface area (Å²) >= 11 is 0. The van der Waals surface area contributed by atoms with E-state index in [1.165, 1.54) is 22.9 Å². The first-order valence-electron chi connectivity index (χ1n) is 4.59. The Kier molecular flexibility index (Phi) is 2.62. The van der Waals surface area contributed by atoms with Gasteiger partial charge in [-0.05, 0) is 12.1 Å². The van der Waals surface area contributed by atoms with Crippen molar-refractivity contribution in [3.8, 4) is 11.3 Å². The molecule has 80 valence electrons. The van der Waals surface area contributed by atoms with Crippen molar-refractivity contribution >= 4 is 11.9 Å². The molecule has 0 N–H and O–H groups in total. The Morgan fingerprint density at radius 3 is 2.88 bits per heavy atom. The lowest BCUT2D eigenvalue weighted by atomic mass is 10.1. The van der Waals surface area contributed by atoms with Crippen LogP contribution in [-0.2, 0) is 11.8 Å². The summed E-state index contributed by atoms with van der Waals surface area (Å²) in [6.45, 7) is 0. The number of carbonyl (C=O) groups excluding carboxylic acids is 1. The van der Waals surface area contributed by atoms with E-state index in [0.29, 0.717) is 17.1 Å². The number of rotatable bonds is 2. The Morgan fingerprint density at radius 1 is 1.44 bits per heavy atom. The zero-order valence-electron chi connectivity index (χ0n) is 8.51.